The number of benzene rings is 2. The van der Waals surface area contributed by atoms with Gasteiger partial charge in [-0.25, -0.2) is 0 Å². The Balaban J connectivity index is 1.47. The molecule has 124 valence electrons. The van der Waals surface area contributed by atoms with Gasteiger partial charge in [-0.15, -0.1) is 0 Å². The monoisotopic (exact) mass is 340 g/mol. The molecule has 4 rings (SSSR count). The normalized spacial score (nSPS) is 15.3. The van der Waals surface area contributed by atoms with Gasteiger partial charge in [-0.3, -0.25) is 0 Å². The molecular formula is C19H20N2O2S. The van der Waals surface area contributed by atoms with Gasteiger partial charge in [0.1, 0.15) is 13.2 Å². The Bertz CT molecular complexity index is 776. The third-order valence-corrected chi connectivity index (χ3v) is 4.65. The smallest absolute Gasteiger partial charge is 0.175 e. The second-order valence-electron chi connectivity index (χ2n) is 6.09. The molecule has 2 N–H and O–H groups in total. The Morgan fingerprint density at radius 3 is 2.67 bits per heavy atom. The molecule has 2 aromatic rings. The summed E-state index contributed by atoms with van der Waals surface area (Å²) in [6, 6.07) is 12.2. The van der Waals surface area contributed by atoms with Crippen molar-refractivity contribution in [2.45, 2.75) is 25.7 Å². The lowest BCUT2D eigenvalue weighted by atomic mass is 9.90. The first-order valence-electron chi connectivity index (χ1n) is 8.38. The molecule has 4 nitrogen and oxygen atoms in total. The molecule has 24 heavy (non-hydrogen) atoms. The number of fused-ring (bicyclic) bond motifs is 2. The van der Waals surface area contributed by atoms with Crippen LogP contribution in [0.1, 0.15) is 24.0 Å². The van der Waals surface area contributed by atoms with Crippen molar-refractivity contribution in [3.8, 4) is 11.5 Å². The summed E-state index contributed by atoms with van der Waals surface area (Å²) in [4.78, 5) is 0. The van der Waals surface area contributed by atoms with Crippen molar-refractivity contribution in [1.29, 1.82) is 0 Å². The number of anilines is 2. The van der Waals surface area contributed by atoms with Gasteiger partial charge in [-0.05, 0) is 67.2 Å². The molecule has 1 heterocycles. The van der Waals surface area contributed by atoms with E-state index in [1.54, 1.807) is 0 Å². The average Bonchev–Trinajstić information content (AvgIpc) is 2.62. The summed E-state index contributed by atoms with van der Waals surface area (Å²) >= 11 is 5.48. The molecule has 0 fully saturated rings. The lowest BCUT2D eigenvalue weighted by molar-refractivity contribution is 0.171. The van der Waals surface area contributed by atoms with E-state index in [1.165, 1.54) is 24.0 Å². The number of aryl methyl sites for hydroxylation is 1. The van der Waals surface area contributed by atoms with Crippen LogP contribution in [0.15, 0.2) is 36.4 Å². The third-order valence-electron chi connectivity index (χ3n) is 4.44. The molecule has 2 aromatic carbocycles. The van der Waals surface area contributed by atoms with Gasteiger partial charge in [0.05, 0.1) is 0 Å². The maximum absolute atomic E-state index is 5.61. The minimum Gasteiger partial charge on any atom is -0.486 e. The highest BCUT2D eigenvalue weighted by Gasteiger charge is 2.15. The van der Waals surface area contributed by atoms with E-state index < -0.39 is 0 Å². The van der Waals surface area contributed by atoms with Gasteiger partial charge in [0, 0.05) is 17.4 Å². The lowest BCUT2D eigenvalue weighted by Crippen LogP contribution is -2.21. The number of hydrogen-bond donors (Lipinski definition) is 2. The minimum atomic E-state index is 0.579. The Morgan fingerprint density at radius 2 is 1.75 bits per heavy atom. The van der Waals surface area contributed by atoms with Crippen LogP contribution in [0.4, 0.5) is 11.4 Å². The van der Waals surface area contributed by atoms with Gasteiger partial charge in [0.2, 0.25) is 0 Å². The topological polar surface area (TPSA) is 42.5 Å². The second kappa shape index (κ2) is 6.69. The molecule has 0 unspecified atom stereocenters. The van der Waals surface area contributed by atoms with Crippen molar-refractivity contribution in [2.24, 2.45) is 0 Å². The fourth-order valence-electron chi connectivity index (χ4n) is 3.30. The molecule has 5 heteroatoms. The van der Waals surface area contributed by atoms with Crippen LogP contribution in [-0.4, -0.2) is 18.3 Å². The van der Waals surface area contributed by atoms with Crippen molar-refractivity contribution in [3.63, 3.8) is 0 Å². The van der Waals surface area contributed by atoms with Gasteiger partial charge in [-0.2, -0.15) is 0 Å². The van der Waals surface area contributed by atoms with Gasteiger partial charge in [-0.1, -0.05) is 12.1 Å². The summed E-state index contributed by atoms with van der Waals surface area (Å²) in [7, 11) is 0. The predicted molar refractivity (Wildman–Crippen MR) is 100 cm³/mol. The molecule has 2 aliphatic rings. The van der Waals surface area contributed by atoms with E-state index >= 15 is 0 Å². The lowest BCUT2D eigenvalue weighted by Gasteiger charge is -2.21. The van der Waals surface area contributed by atoms with Crippen LogP contribution in [0.2, 0.25) is 0 Å². The molecule has 1 aliphatic carbocycles. The maximum atomic E-state index is 5.61. The van der Waals surface area contributed by atoms with Crippen LogP contribution in [0.25, 0.3) is 0 Å². The van der Waals surface area contributed by atoms with Gasteiger partial charge in [0.25, 0.3) is 0 Å². The van der Waals surface area contributed by atoms with Crippen LogP contribution in [0.5, 0.6) is 11.5 Å². The van der Waals surface area contributed by atoms with Crippen molar-refractivity contribution in [2.75, 3.05) is 23.8 Å². The van der Waals surface area contributed by atoms with Gasteiger partial charge >= 0.3 is 0 Å². The molecular weight excluding hydrogens is 320 g/mol. The van der Waals surface area contributed by atoms with Crippen LogP contribution in [0.3, 0.4) is 0 Å². The zero-order valence-electron chi connectivity index (χ0n) is 13.4. The van der Waals surface area contributed by atoms with Gasteiger partial charge < -0.3 is 20.1 Å². The Kier molecular flexibility index (Phi) is 4.26. The first kappa shape index (κ1) is 15.3. The SMILES string of the molecule is S=C(Nc1ccc2c(c1)OCCO2)Nc1cccc2c1CCCC2. The number of ether oxygens (including phenoxy) is 2. The van der Waals surface area contributed by atoms with E-state index in [4.69, 9.17) is 21.7 Å². The van der Waals surface area contributed by atoms with E-state index in [1.807, 2.05) is 18.2 Å². The highest BCUT2D eigenvalue weighted by Crippen LogP contribution is 2.33. The summed E-state index contributed by atoms with van der Waals surface area (Å²) in [6.45, 7) is 1.17. The Labute approximate surface area is 147 Å². The van der Waals surface area contributed by atoms with E-state index in [9.17, 15) is 0 Å². The minimum absolute atomic E-state index is 0.579. The van der Waals surface area contributed by atoms with Crippen molar-refractivity contribution in [1.82, 2.24) is 0 Å². The summed E-state index contributed by atoms with van der Waals surface area (Å²) in [6.07, 6.45) is 4.79. The number of thiocarbonyl (C=S) groups is 1. The van der Waals surface area contributed by atoms with Crippen LogP contribution in [0, 0.1) is 0 Å². The number of rotatable bonds is 2. The zero-order valence-corrected chi connectivity index (χ0v) is 14.2. The molecule has 0 saturated carbocycles. The summed E-state index contributed by atoms with van der Waals surface area (Å²) in [5.74, 6) is 1.54. The second-order valence-corrected chi connectivity index (χ2v) is 6.50. The highest BCUT2D eigenvalue weighted by atomic mass is 32.1. The molecule has 0 amide bonds. The third kappa shape index (κ3) is 3.17. The quantitative estimate of drug-likeness (QED) is 0.804. The first-order chi connectivity index (χ1) is 11.8. The van der Waals surface area contributed by atoms with E-state index in [0.29, 0.717) is 18.3 Å². The molecule has 0 bridgehead atoms. The van der Waals surface area contributed by atoms with E-state index in [2.05, 4.69) is 28.8 Å². The molecule has 0 atom stereocenters. The first-order valence-corrected chi connectivity index (χ1v) is 8.79. The summed E-state index contributed by atoms with van der Waals surface area (Å²) in [5.41, 5.74) is 4.84. The van der Waals surface area contributed by atoms with Crippen molar-refractivity contribution < 1.29 is 9.47 Å². The van der Waals surface area contributed by atoms with Crippen LogP contribution < -0.4 is 20.1 Å². The molecule has 0 saturated heterocycles. The highest BCUT2D eigenvalue weighted by molar-refractivity contribution is 7.80. The van der Waals surface area contributed by atoms with Crippen molar-refractivity contribution in [3.05, 3.63) is 47.5 Å². The largest absolute Gasteiger partial charge is 0.486 e. The fraction of sp³-hybridized carbons (Fsp3) is 0.316. The molecule has 0 aromatic heterocycles. The van der Waals surface area contributed by atoms with Crippen molar-refractivity contribution >= 4 is 28.7 Å². The van der Waals surface area contributed by atoms with Crippen LogP contribution in [-0.2, 0) is 12.8 Å². The summed E-state index contributed by atoms with van der Waals surface area (Å²) in [5, 5.41) is 7.17. The fourth-order valence-corrected chi connectivity index (χ4v) is 3.53. The number of hydrogen-bond acceptors (Lipinski definition) is 3. The summed E-state index contributed by atoms with van der Waals surface area (Å²) < 4.78 is 11.1. The van der Waals surface area contributed by atoms with Gasteiger partial charge in [0.15, 0.2) is 16.6 Å². The maximum Gasteiger partial charge on any atom is 0.175 e. The molecule has 0 spiro atoms. The predicted octanol–water partition coefficient (Wildman–Crippen LogP) is 4.15. The van der Waals surface area contributed by atoms with E-state index in [-0.39, 0.29) is 0 Å². The number of nitrogens with one attached hydrogen (secondary N) is 2. The Hall–Kier alpha value is -2.27. The molecule has 1 aliphatic heterocycles. The van der Waals surface area contributed by atoms with Crippen LogP contribution >= 0.6 is 12.2 Å². The Morgan fingerprint density at radius 1 is 0.917 bits per heavy atom. The van der Waals surface area contributed by atoms with E-state index in [0.717, 1.165) is 35.7 Å². The molecule has 0 radical (unpaired) electrons. The standard InChI is InChI=1S/C19H20N2O2S/c24-19(20-14-8-9-17-18(12-14)23-11-10-22-17)21-16-7-3-5-13-4-1-2-6-15(13)16/h3,5,7-9,12H,1-2,4,6,10-11H2,(H2,20,21,24). The average molecular weight is 340 g/mol. The zero-order chi connectivity index (χ0) is 16.4.